The number of amides is 3. The zero-order valence-corrected chi connectivity index (χ0v) is 17.6. The first kappa shape index (κ1) is 20.8. The molecule has 3 heterocycles. The van der Waals surface area contributed by atoms with E-state index in [9.17, 15) is 14.4 Å². The van der Waals surface area contributed by atoms with E-state index in [1.54, 1.807) is 11.1 Å². The summed E-state index contributed by atoms with van der Waals surface area (Å²) in [7, 11) is 0. The van der Waals surface area contributed by atoms with Gasteiger partial charge in [-0.15, -0.1) is 0 Å². The van der Waals surface area contributed by atoms with Crippen LogP contribution in [-0.4, -0.2) is 58.2 Å². The van der Waals surface area contributed by atoms with Crippen molar-refractivity contribution in [3.8, 4) is 0 Å². The van der Waals surface area contributed by atoms with E-state index in [1.807, 2.05) is 23.1 Å². The third-order valence-corrected chi connectivity index (χ3v) is 6.75. The predicted molar refractivity (Wildman–Crippen MR) is 112 cm³/mol. The second kappa shape index (κ2) is 9.58. The van der Waals surface area contributed by atoms with E-state index in [-0.39, 0.29) is 36.1 Å². The summed E-state index contributed by atoms with van der Waals surface area (Å²) in [5, 5.41) is 3.15. The van der Waals surface area contributed by atoms with Crippen molar-refractivity contribution in [2.24, 2.45) is 11.8 Å². The van der Waals surface area contributed by atoms with Crippen molar-refractivity contribution < 1.29 is 14.4 Å². The molecule has 0 spiro atoms. The molecule has 3 fully saturated rings. The Morgan fingerprint density at radius 2 is 1.80 bits per heavy atom. The van der Waals surface area contributed by atoms with E-state index in [4.69, 9.17) is 0 Å². The fourth-order valence-electron chi connectivity index (χ4n) is 4.96. The number of nitrogens with one attached hydrogen (secondary N) is 1. The SMILES string of the molecule is O=C(NC1CCC(C(=O)N2CCCCC2)CC1)C1CC(=O)N(Cc2ccccn2)C1. The molecule has 7 nitrogen and oxygen atoms in total. The standard InChI is InChI=1S/C23H32N4O3/c28-21-14-18(15-27(21)16-20-6-2-3-11-24-20)22(29)25-19-9-7-17(8-10-19)23(30)26-12-4-1-5-13-26/h2-3,6,11,17-19H,1,4-5,7-10,12-16H2,(H,25,29). The Kier molecular flexibility index (Phi) is 6.65. The molecule has 0 bridgehead atoms. The van der Waals surface area contributed by atoms with E-state index < -0.39 is 0 Å². The Hall–Kier alpha value is -2.44. The van der Waals surface area contributed by atoms with Crippen LogP contribution >= 0.6 is 0 Å². The van der Waals surface area contributed by atoms with Crippen molar-refractivity contribution in [1.29, 1.82) is 0 Å². The molecule has 7 heteroatoms. The van der Waals surface area contributed by atoms with E-state index in [0.717, 1.165) is 57.3 Å². The van der Waals surface area contributed by atoms with Crippen molar-refractivity contribution in [2.75, 3.05) is 19.6 Å². The Balaban J connectivity index is 1.22. The average molecular weight is 413 g/mol. The van der Waals surface area contributed by atoms with Gasteiger partial charge in [-0.3, -0.25) is 19.4 Å². The normalized spacial score (nSPS) is 27.2. The van der Waals surface area contributed by atoms with E-state index in [0.29, 0.717) is 19.0 Å². The number of likely N-dealkylation sites (tertiary alicyclic amines) is 2. The number of hydrogen-bond acceptors (Lipinski definition) is 4. The summed E-state index contributed by atoms with van der Waals surface area (Å²) in [6.07, 6.45) is 8.82. The highest BCUT2D eigenvalue weighted by Crippen LogP contribution is 2.28. The number of nitrogens with zero attached hydrogens (tertiary/aromatic N) is 3. The number of piperidine rings is 1. The van der Waals surface area contributed by atoms with Crippen molar-refractivity contribution in [2.45, 2.75) is 64.0 Å². The highest BCUT2D eigenvalue weighted by molar-refractivity contribution is 5.89. The van der Waals surface area contributed by atoms with Crippen LogP contribution in [0.2, 0.25) is 0 Å². The van der Waals surface area contributed by atoms with Crippen LogP contribution < -0.4 is 5.32 Å². The molecule has 1 N–H and O–H groups in total. The highest BCUT2D eigenvalue weighted by Gasteiger charge is 2.36. The van der Waals surface area contributed by atoms with E-state index >= 15 is 0 Å². The Bertz CT molecular complexity index is 755. The van der Waals surface area contributed by atoms with E-state index in [1.165, 1.54) is 6.42 Å². The second-order valence-corrected chi connectivity index (χ2v) is 8.94. The number of pyridine rings is 1. The van der Waals surface area contributed by atoms with Gasteiger partial charge in [-0.05, 0) is 57.1 Å². The second-order valence-electron chi connectivity index (χ2n) is 8.94. The molecular formula is C23H32N4O3. The number of carbonyl (C=O) groups excluding carboxylic acids is 3. The molecule has 1 saturated carbocycles. The molecule has 3 aliphatic rings. The summed E-state index contributed by atoms with van der Waals surface area (Å²) in [6, 6.07) is 5.76. The van der Waals surface area contributed by atoms with Gasteiger partial charge in [0.2, 0.25) is 17.7 Å². The summed E-state index contributed by atoms with van der Waals surface area (Å²) in [6.45, 7) is 2.71. The Morgan fingerprint density at radius 1 is 1.03 bits per heavy atom. The molecule has 30 heavy (non-hydrogen) atoms. The van der Waals surface area contributed by atoms with Crippen LogP contribution in [-0.2, 0) is 20.9 Å². The van der Waals surface area contributed by atoms with Crippen molar-refractivity contribution in [3.63, 3.8) is 0 Å². The Labute approximate surface area is 178 Å². The van der Waals surface area contributed by atoms with Crippen LogP contribution in [0.1, 0.15) is 57.1 Å². The lowest BCUT2D eigenvalue weighted by Crippen LogP contribution is -2.45. The van der Waals surface area contributed by atoms with Crippen molar-refractivity contribution >= 4 is 17.7 Å². The fraction of sp³-hybridized carbons (Fsp3) is 0.652. The zero-order valence-electron chi connectivity index (χ0n) is 17.6. The molecule has 1 aromatic heterocycles. The first-order chi connectivity index (χ1) is 14.6. The molecule has 0 aromatic carbocycles. The predicted octanol–water partition coefficient (Wildman–Crippen LogP) is 2.12. The summed E-state index contributed by atoms with van der Waals surface area (Å²) in [5.74, 6) is 0.104. The molecule has 4 rings (SSSR count). The molecule has 1 unspecified atom stereocenters. The lowest BCUT2D eigenvalue weighted by molar-refractivity contribution is -0.137. The van der Waals surface area contributed by atoms with Crippen molar-refractivity contribution in [1.82, 2.24) is 20.1 Å². The number of hydrogen-bond donors (Lipinski definition) is 1. The van der Waals surface area contributed by atoms with Gasteiger partial charge in [-0.2, -0.15) is 0 Å². The van der Waals surface area contributed by atoms with Crippen molar-refractivity contribution in [3.05, 3.63) is 30.1 Å². The minimum atomic E-state index is -0.297. The maximum atomic E-state index is 12.7. The maximum Gasteiger partial charge on any atom is 0.225 e. The third kappa shape index (κ3) is 4.99. The van der Waals surface area contributed by atoms with Crippen LogP contribution in [0.5, 0.6) is 0 Å². The summed E-state index contributed by atoms with van der Waals surface area (Å²) in [4.78, 5) is 45.8. The summed E-state index contributed by atoms with van der Waals surface area (Å²) >= 11 is 0. The largest absolute Gasteiger partial charge is 0.353 e. The molecule has 162 valence electrons. The minimum Gasteiger partial charge on any atom is -0.353 e. The third-order valence-electron chi connectivity index (χ3n) is 6.75. The van der Waals surface area contributed by atoms with Crippen LogP contribution in [0.3, 0.4) is 0 Å². The smallest absolute Gasteiger partial charge is 0.225 e. The molecule has 2 aliphatic heterocycles. The van der Waals surface area contributed by atoms with Gasteiger partial charge in [0.25, 0.3) is 0 Å². The van der Waals surface area contributed by atoms with Gasteiger partial charge in [0.15, 0.2) is 0 Å². The molecular weight excluding hydrogens is 380 g/mol. The minimum absolute atomic E-state index is 0.0108. The lowest BCUT2D eigenvalue weighted by Gasteiger charge is -2.34. The first-order valence-electron chi connectivity index (χ1n) is 11.4. The van der Waals surface area contributed by atoms with Crippen LogP contribution in [0.25, 0.3) is 0 Å². The molecule has 1 aromatic rings. The fourth-order valence-corrected chi connectivity index (χ4v) is 4.96. The first-order valence-corrected chi connectivity index (χ1v) is 11.4. The van der Waals surface area contributed by atoms with Crippen LogP contribution in [0.15, 0.2) is 24.4 Å². The maximum absolute atomic E-state index is 12.7. The number of rotatable bonds is 5. The van der Waals surface area contributed by atoms with Crippen LogP contribution in [0.4, 0.5) is 0 Å². The van der Waals surface area contributed by atoms with Gasteiger partial charge >= 0.3 is 0 Å². The quantitative estimate of drug-likeness (QED) is 0.803. The monoisotopic (exact) mass is 412 g/mol. The average Bonchev–Trinajstić information content (AvgIpc) is 3.15. The van der Waals surface area contributed by atoms with Gasteiger partial charge < -0.3 is 15.1 Å². The van der Waals surface area contributed by atoms with Crippen LogP contribution in [0, 0.1) is 11.8 Å². The summed E-state index contributed by atoms with van der Waals surface area (Å²) < 4.78 is 0. The Morgan fingerprint density at radius 3 is 2.50 bits per heavy atom. The molecule has 2 saturated heterocycles. The van der Waals surface area contributed by atoms with Gasteiger partial charge in [-0.25, -0.2) is 0 Å². The zero-order chi connectivity index (χ0) is 20.9. The molecule has 1 aliphatic carbocycles. The van der Waals surface area contributed by atoms with Gasteiger partial charge in [-0.1, -0.05) is 6.07 Å². The van der Waals surface area contributed by atoms with Gasteiger partial charge in [0, 0.05) is 44.2 Å². The molecule has 3 amide bonds. The molecule has 0 radical (unpaired) electrons. The highest BCUT2D eigenvalue weighted by atomic mass is 16.2. The van der Waals surface area contributed by atoms with Gasteiger partial charge in [0.1, 0.15) is 0 Å². The summed E-state index contributed by atoms with van der Waals surface area (Å²) in [5.41, 5.74) is 0.837. The number of aromatic nitrogens is 1. The van der Waals surface area contributed by atoms with Gasteiger partial charge in [0.05, 0.1) is 18.2 Å². The van der Waals surface area contributed by atoms with E-state index in [2.05, 4.69) is 10.3 Å². The molecule has 1 atom stereocenters. The number of carbonyl (C=O) groups is 3. The lowest BCUT2D eigenvalue weighted by atomic mass is 9.84. The topological polar surface area (TPSA) is 82.6 Å².